The Balaban J connectivity index is 2.84. The number of carbonyl (C=O) groups is 1. The number of carbonyl (C=O) groups excluding carboxylic acids is 1. The molecule has 6 nitrogen and oxygen atoms in total. The lowest BCUT2D eigenvalue weighted by Gasteiger charge is -2.36. The van der Waals surface area contributed by atoms with Crippen molar-refractivity contribution in [2.75, 3.05) is 14.1 Å². The Morgan fingerprint density at radius 2 is 1.71 bits per heavy atom. The molecule has 0 atom stereocenters. The van der Waals surface area contributed by atoms with Crippen LogP contribution < -0.4 is 5.45 Å². The summed E-state index contributed by atoms with van der Waals surface area (Å²) in [6.07, 6.45) is 1.42. The quantitative estimate of drug-likeness (QED) is 0.549. The molecule has 0 radical (unpaired) electrons. The van der Waals surface area contributed by atoms with Crippen LogP contribution in [0, 0.1) is 13.8 Å². The van der Waals surface area contributed by atoms with E-state index in [4.69, 9.17) is 0 Å². The topological polar surface area (TPSA) is 72.3 Å². The number of aromatic nitrogens is 2. The molecule has 0 aliphatic heterocycles. The first-order valence-corrected chi connectivity index (χ1v) is 13.7. The fourth-order valence-electron chi connectivity index (χ4n) is 2.77. The summed E-state index contributed by atoms with van der Waals surface area (Å²) in [7, 11) is -3.31. The highest BCUT2D eigenvalue weighted by Gasteiger charge is 2.44. The molecule has 0 saturated heterocycles. The summed E-state index contributed by atoms with van der Waals surface area (Å²) in [5, 5.41) is -0.141. The van der Waals surface area contributed by atoms with E-state index in [1.165, 1.54) is 24.3 Å². The van der Waals surface area contributed by atoms with Gasteiger partial charge in [-0.2, -0.15) is 12.7 Å². The molecular formula is C20H31N3O3SSi. The van der Waals surface area contributed by atoms with E-state index < -0.39 is 18.3 Å². The van der Waals surface area contributed by atoms with E-state index in [9.17, 15) is 13.2 Å². The first-order chi connectivity index (χ1) is 12.6. The molecule has 0 unspecified atom stereocenters. The molecule has 2 aromatic rings. The number of hydrogen-bond donors (Lipinski definition) is 0. The van der Waals surface area contributed by atoms with Crippen LogP contribution in [0.4, 0.5) is 0 Å². The highest BCUT2D eigenvalue weighted by molar-refractivity contribution is 7.87. The molecule has 1 heterocycles. The average molecular weight is 422 g/mol. The largest absolute Gasteiger partial charge is 0.308 e. The predicted molar refractivity (Wildman–Crippen MR) is 116 cm³/mol. The highest BCUT2D eigenvalue weighted by Crippen LogP contribution is 2.35. The SMILES string of the molecule is Cc1cccc(C(=O)c2cnc([Si](C)(C)C(C)(C)C)n2S(=O)(=O)N(C)C)c1C. The number of hydrogen-bond acceptors (Lipinski definition) is 4. The van der Waals surface area contributed by atoms with E-state index in [1.54, 1.807) is 6.07 Å². The third-order valence-corrected chi connectivity index (χ3v) is 13.1. The minimum absolute atomic E-state index is 0.0854. The molecule has 0 N–H and O–H groups in total. The second kappa shape index (κ2) is 7.24. The molecular weight excluding hydrogens is 390 g/mol. The first kappa shape index (κ1) is 22.5. The van der Waals surface area contributed by atoms with E-state index in [1.807, 2.05) is 26.0 Å². The minimum atomic E-state index is -3.91. The van der Waals surface area contributed by atoms with Crippen molar-refractivity contribution in [2.45, 2.75) is 52.8 Å². The smallest absolute Gasteiger partial charge is 0.287 e. The van der Waals surface area contributed by atoms with Gasteiger partial charge in [-0.15, -0.1) is 0 Å². The maximum atomic E-state index is 13.4. The lowest BCUT2D eigenvalue weighted by molar-refractivity contribution is 0.103. The van der Waals surface area contributed by atoms with Crippen LogP contribution in [0.2, 0.25) is 18.1 Å². The van der Waals surface area contributed by atoms with Gasteiger partial charge in [-0.3, -0.25) is 4.79 Å². The Bertz CT molecular complexity index is 1020. The second-order valence-corrected chi connectivity index (χ2v) is 16.2. The third-order valence-electron chi connectivity index (χ3n) is 5.93. The molecule has 0 saturated carbocycles. The lowest BCUT2D eigenvalue weighted by Crippen LogP contribution is -2.56. The van der Waals surface area contributed by atoms with Crippen LogP contribution in [0.15, 0.2) is 24.4 Å². The van der Waals surface area contributed by atoms with E-state index >= 15 is 0 Å². The van der Waals surface area contributed by atoms with Crippen LogP contribution in [-0.2, 0) is 10.2 Å². The second-order valence-electron chi connectivity index (χ2n) is 8.97. The predicted octanol–water partition coefficient (Wildman–Crippen LogP) is 3.10. The molecule has 0 bridgehead atoms. The van der Waals surface area contributed by atoms with E-state index in [0.717, 1.165) is 15.4 Å². The highest BCUT2D eigenvalue weighted by atomic mass is 32.2. The van der Waals surface area contributed by atoms with Crippen molar-refractivity contribution in [3.8, 4) is 0 Å². The molecule has 0 aliphatic carbocycles. The third kappa shape index (κ3) is 3.60. The Kier molecular flexibility index (Phi) is 5.82. The van der Waals surface area contributed by atoms with Gasteiger partial charge >= 0.3 is 10.2 Å². The van der Waals surface area contributed by atoms with Gasteiger partial charge in [0.05, 0.1) is 6.20 Å². The zero-order valence-corrected chi connectivity index (χ0v) is 20.1. The summed E-state index contributed by atoms with van der Waals surface area (Å²) in [4.78, 5) is 17.9. The summed E-state index contributed by atoms with van der Waals surface area (Å²) in [5.41, 5.74) is 2.90. The number of benzene rings is 1. The maximum absolute atomic E-state index is 13.4. The van der Waals surface area contributed by atoms with Crippen molar-refractivity contribution >= 4 is 29.5 Å². The molecule has 28 heavy (non-hydrogen) atoms. The van der Waals surface area contributed by atoms with Crippen LogP contribution in [0.3, 0.4) is 0 Å². The molecule has 1 aromatic carbocycles. The Labute approximate surface area is 169 Å². The molecule has 0 fully saturated rings. The normalized spacial score (nSPS) is 13.2. The van der Waals surface area contributed by atoms with Crippen LogP contribution in [0.1, 0.15) is 48.0 Å². The lowest BCUT2D eigenvalue weighted by atomic mass is 9.99. The fourth-order valence-corrected chi connectivity index (χ4v) is 6.46. The van der Waals surface area contributed by atoms with Gasteiger partial charge in [-0.1, -0.05) is 52.1 Å². The number of nitrogens with zero attached hydrogens (tertiary/aromatic N) is 3. The van der Waals surface area contributed by atoms with Gasteiger partial charge in [-0.05, 0) is 30.0 Å². The maximum Gasteiger partial charge on any atom is 0.308 e. The van der Waals surface area contributed by atoms with Crippen molar-refractivity contribution in [1.29, 1.82) is 0 Å². The molecule has 2 rings (SSSR count). The van der Waals surface area contributed by atoms with E-state index in [0.29, 0.717) is 11.0 Å². The van der Waals surface area contributed by atoms with Crippen molar-refractivity contribution in [2.24, 2.45) is 0 Å². The summed E-state index contributed by atoms with van der Waals surface area (Å²) in [6.45, 7) is 14.2. The van der Waals surface area contributed by atoms with Gasteiger partial charge in [0.1, 0.15) is 19.2 Å². The molecule has 8 heteroatoms. The number of aryl methyl sites for hydroxylation is 1. The number of imidazole rings is 1. The van der Waals surface area contributed by atoms with Gasteiger partial charge in [-0.25, -0.2) is 8.96 Å². The van der Waals surface area contributed by atoms with Crippen molar-refractivity contribution < 1.29 is 13.2 Å². The van der Waals surface area contributed by atoms with Gasteiger partial charge in [0.25, 0.3) is 0 Å². The summed E-state index contributed by atoms with van der Waals surface area (Å²) in [5.74, 6) is -0.330. The fraction of sp³-hybridized carbons (Fsp3) is 0.500. The average Bonchev–Trinajstić information content (AvgIpc) is 3.02. The van der Waals surface area contributed by atoms with Crippen LogP contribution in [-0.4, -0.2) is 49.6 Å². The Morgan fingerprint density at radius 1 is 1.14 bits per heavy atom. The van der Waals surface area contributed by atoms with Crippen LogP contribution in [0.25, 0.3) is 0 Å². The molecule has 0 aliphatic rings. The summed E-state index contributed by atoms with van der Waals surface area (Å²) in [6, 6.07) is 5.47. The summed E-state index contributed by atoms with van der Waals surface area (Å²) >= 11 is 0. The number of ketones is 1. The van der Waals surface area contributed by atoms with Crippen molar-refractivity contribution in [3.05, 3.63) is 46.8 Å². The van der Waals surface area contributed by atoms with E-state index in [2.05, 4.69) is 38.8 Å². The minimum Gasteiger partial charge on any atom is -0.287 e. The zero-order valence-electron chi connectivity index (χ0n) is 18.3. The van der Waals surface area contributed by atoms with Crippen molar-refractivity contribution in [3.63, 3.8) is 0 Å². The molecule has 154 valence electrons. The van der Waals surface area contributed by atoms with Crippen molar-refractivity contribution in [1.82, 2.24) is 13.3 Å². The first-order valence-electron chi connectivity index (χ1n) is 9.26. The van der Waals surface area contributed by atoms with Gasteiger partial charge in [0.2, 0.25) is 5.78 Å². The molecule has 0 amide bonds. The molecule has 1 aromatic heterocycles. The zero-order chi connectivity index (χ0) is 21.7. The molecule has 0 spiro atoms. The van der Waals surface area contributed by atoms with Gasteiger partial charge < -0.3 is 0 Å². The van der Waals surface area contributed by atoms with Crippen LogP contribution >= 0.6 is 0 Å². The van der Waals surface area contributed by atoms with Gasteiger partial charge in [0, 0.05) is 19.7 Å². The van der Waals surface area contributed by atoms with Crippen LogP contribution in [0.5, 0.6) is 0 Å². The number of rotatable bonds is 5. The monoisotopic (exact) mass is 421 g/mol. The summed E-state index contributed by atoms with van der Waals surface area (Å²) < 4.78 is 28.7. The van der Waals surface area contributed by atoms with Gasteiger partial charge in [0.15, 0.2) is 0 Å². The Hall–Kier alpha value is -1.77. The Morgan fingerprint density at radius 3 is 2.21 bits per heavy atom. The standard InChI is InChI=1S/C20H31N3O3SSi/c1-14-11-10-12-16(15(14)2)18(24)17-13-21-19(28(8,9)20(3,4)5)23(17)27(25,26)22(6)7/h10-13H,1-9H3. The van der Waals surface area contributed by atoms with E-state index in [-0.39, 0.29) is 16.5 Å².